The Balaban J connectivity index is 1.76. The average molecular weight is 240 g/mol. The fraction of sp³-hybridized carbons (Fsp3) is 0.923. The van der Waals surface area contributed by atoms with Crippen molar-refractivity contribution in [1.29, 1.82) is 0 Å². The Kier molecular flexibility index (Phi) is 4.80. The minimum absolute atomic E-state index is 0.253. The number of hydrogen-bond acceptors (Lipinski definition) is 3. The minimum atomic E-state index is 0.253. The van der Waals surface area contributed by atoms with Crippen molar-refractivity contribution in [3.63, 3.8) is 0 Å². The summed E-state index contributed by atoms with van der Waals surface area (Å²) in [6, 6.07) is 0. The highest BCUT2D eigenvalue weighted by atomic mass is 16.5. The summed E-state index contributed by atoms with van der Waals surface area (Å²) < 4.78 is 5.29. The number of methoxy groups -OCH3 is 1. The van der Waals surface area contributed by atoms with E-state index in [0.29, 0.717) is 6.54 Å². The zero-order valence-corrected chi connectivity index (χ0v) is 10.9. The van der Waals surface area contributed by atoms with Crippen molar-refractivity contribution in [1.82, 2.24) is 9.80 Å². The van der Waals surface area contributed by atoms with Crippen molar-refractivity contribution in [2.75, 3.05) is 39.8 Å². The van der Waals surface area contributed by atoms with E-state index in [1.807, 2.05) is 4.90 Å². The molecule has 2 saturated heterocycles. The SMILES string of the molecule is CO[C@H]1CCN(C(=O)CN2CCCCCC2)C1. The number of carbonyl (C=O) groups is 1. The van der Waals surface area contributed by atoms with Crippen LogP contribution in [0.15, 0.2) is 0 Å². The van der Waals surface area contributed by atoms with Gasteiger partial charge in [0.2, 0.25) is 5.91 Å². The normalized spacial score (nSPS) is 27.1. The second-order valence-electron chi connectivity index (χ2n) is 5.18. The molecule has 4 heteroatoms. The topological polar surface area (TPSA) is 32.8 Å². The van der Waals surface area contributed by atoms with Crippen LogP contribution in [-0.4, -0.2) is 61.6 Å². The van der Waals surface area contributed by atoms with E-state index >= 15 is 0 Å². The van der Waals surface area contributed by atoms with Crippen molar-refractivity contribution < 1.29 is 9.53 Å². The third-order valence-electron chi connectivity index (χ3n) is 3.89. The molecule has 0 N–H and O–H groups in total. The van der Waals surface area contributed by atoms with Crippen LogP contribution in [0.3, 0.4) is 0 Å². The number of hydrogen-bond donors (Lipinski definition) is 0. The first-order chi connectivity index (χ1) is 8.29. The molecule has 0 radical (unpaired) electrons. The summed E-state index contributed by atoms with van der Waals surface area (Å²) in [5, 5.41) is 0. The summed E-state index contributed by atoms with van der Waals surface area (Å²) in [5.41, 5.74) is 0. The minimum Gasteiger partial charge on any atom is -0.380 e. The van der Waals surface area contributed by atoms with Crippen molar-refractivity contribution in [3.8, 4) is 0 Å². The summed E-state index contributed by atoms with van der Waals surface area (Å²) in [6.45, 7) is 4.44. The molecule has 0 bridgehead atoms. The molecule has 2 rings (SSSR count). The molecule has 0 aliphatic carbocycles. The fourth-order valence-corrected chi connectivity index (χ4v) is 2.73. The molecule has 4 nitrogen and oxygen atoms in total. The molecule has 2 heterocycles. The zero-order valence-electron chi connectivity index (χ0n) is 10.9. The van der Waals surface area contributed by atoms with Crippen molar-refractivity contribution in [2.24, 2.45) is 0 Å². The van der Waals surface area contributed by atoms with Gasteiger partial charge in [-0.15, -0.1) is 0 Å². The molecule has 2 aliphatic heterocycles. The highest BCUT2D eigenvalue weighted by molar-refractivity contribution is 5.78. The smallest absolute Gasteiger partial charge is 0.236 e. The van der Waals surface area contributed by atoms with Gasteiger partial charge in [-0.05, 0) is 32.4 Å². The molecule has 1 atom stereocenters. The summed E-state index contributed by atoms with van der Waals surface area (Å²) in [7, 11) is 1.73. The molecule has 1 amide bonds. The summed E-state index contributed by atoms with van der Waals surface area (Å²) >= 11 is 0. The Labute approximate surface area is 104 Å². The van der Waals surface area contributed by atoms with Crippen LogP contribution in [-0.2, 0) is 9.53 Å². The largest absolute Gasteiger partial charge is 0.380 e. The monoisotopic (exact) mass is 240 g/mol. The van der Waals surface area contributed by atoms with Gasteiger partial charge < -0.3 is 9.64 Å². The van der Waals surface area contributed by atoms with Crippen LogP contribution in [0.5, 0.6) is 0 Å². The fourth-order valence-electron chi connectivity index (χ4n) is 2.73. The standard InChI is InChI=1S/C13H24N2O2/c1-17-12-6-9-15(10-12)13(16)11-14-7-4-2-3-5-8-14/h12H,2-11H2,1H3/t12-/m0/s1. The maximum atomic E-state index is 12.1. The molecule has 0 aromatic heterocycles. The van der Waals surface area contributed by atoms with E-state index in [1.165, 1.54) is 25.7 Å². The Morgan fingerprint density at radius 2 is 1.88 bits per heavy atom. The Morgan fingerprint density at radius 3 is 2.47 bits per heavy atom. The molecule has 17 heavy (non-hydrogen) atoms. The van der Waals surface area contributed by atoms with E-state index in [0.717, 1.165) is 32.6 Å². The second kappa shape index (κ2) is 6.36. The Morgan fingerprint density at radius 1 is 1.18 bits per heavy atom. The third-order valence-corrected chi connectivity index (χ3v) is 3.89. The maximum Gasteiger partial charge on any atom is 0.236 e. The van der Waals surface area contributed by atoms with Gasteiger partial charge in [-0.2, -0.15) is 0 Å². The summed E-state index contributed by atoms with van der Waals surface area (Å²) in [6.07, 6.45) is 6.37. The number of ether oxygens (including phenoxy) is 1. The number of amides is 1. The van der Waals surface area contributed by atoms with E-state index in [2.05, 4.69) is 4.90 Å². The second-order valence-corrected chi connectivity index (χ2v) is 5.18. The van der Waals surface area contributed by atoms with Gasteiger partial charge in [0.15, 0.2) is 0 Å². The number of rotatable bonds is 3. The van der Waals surface area contributed by atoms with Crippen LogP contribution < -0.4 is 0 Å². The predicted octanol–water partition coefficient (Wildman–Crippen LogP) is 1.11. The molecule has 0 aromatic rings. The first-order valence-corrected chi connectivity index (χ1v) is 6.82. The quantitative estimate of drug-likeness (QED) is 0.741. The highest BCUT2D eigenvalue weighted by Crippen LogP contribution is 2.14. The molecular weight excluding hydrogens is 216 g/mol. The maximum absolute atomic E-state index is 12.1. The molecule has 98 valence electrons. The average Bonchev–Trinajstić information content (AvgIpc) is 2.68. The van der Waals surface area contributed by atoms with Gasteiger partial charge in [-0.1, -0.05) is 12.8 Å². The summed E-state index contributed by atoms with van der Waals surface area (Å²) in [4.78, 5) is 16.4. The van der Waals surface area contributed by atoms with Crippen LogP contribution in [0.25, 0.3) is 0 Å². The van der Waals surface area contributed by atoms with Gasteiger partial charge in [0.05, 0.1) is 12.6 Å². The Bertz CT molecular complexity index is 250. The van der Waals surface area contributed by atoms with E-state index in [1.54, 1.807) is 7.11 Å². The van der Waals surface area contributed by atoms with E-state index < -0.39 is 0 Å². The first-order valence-electron chi connectivity index (χ1n) is 6.82. The van der Waals surface area contributed by atoms with E-state index in [9.17, 15) is 4.79 Å². The highest BCUT2D eigenvalue weighted by Gasteiger charge is 2.26. The van der Waals surface area contributed by atoms with Crippen molar-refractivity contribution >= 4 is 5.91 Å². The molecule has 2 aliphatic rings. The van der Waals surface area contributed by atoms with Gasteiger partial charge in [0.1, 0.15) is 0 Å². The number of nitrogens with zero attached hydrogens (tertiary/aromatic N) is 2. The van der Waals surface area contributed by atoms with Crippen molar-refractivity contribution in [2.45, 2.75) is 38.2 Å². The number of carbonyl (C=O) groups excluding carboxylic acids is 1. The molecular formula is C13H24N2O2. The van der Waals surface area contributed by atoms with Gasteiger partial charge >= 0.3 is 0 Å². The lowest BCUT2D eigenvalue weighted by molar-refractivity contribution is -0.131. The van der Waals surface area contributed by atoms with Gasteiger partial charge in [0, 0.05) is 20.2 Å². The molecule has 0 saturated carbocycles. The molecule has 0 aromatic carbocycles. The van der Waals surface area contributed by atoms with Crippen molar-refractivity contribution in [3.05, 3.63) is 0 Å². The van der Waals surface area contributed by atoms with Crippen LogP contribution >= 0.6 is 0 Å². The molecule has 0 unspecified atom stereocenters. The molecule has 0 spiro atoms. The van der Waals surface area contributed by atoms with Gasteiger partial charge in [0.25, 0.3) is 0 Å². The Hall–Kier alpha value is -0.610. The van der Waals surface area contributed by atoms with Gasteiger partial charge in [-0.25, -0.2) is 0 Å². The zero-order chi connectivity index (χ0) is 12.1. The van der Waals surface area contributed by atoms with E-state index in [-0.39, 0.29) is 12.0 Å². The van der Waals surface area contributed by atoms with E-state index in [4.69, 9.17) is 4.74 Å². The van der Waals surface area contributed by atoms with Crippen LogP contribution in [0.1, 0.15) is 32.1 Å². The predicted molar refractivity (Wildman–Crippen MR) is 66.9 cm³/mol. The van der Waals surface area contributed by atoms with Gasteiger partial charge in [-0.3, -0.25) is 9.69 Å². The lowest BCUT2D eigenvalue weighted by Gasteiger charge is -2.23. The lowest BCUT2D eigenvalue weighted by Crippen LogP contribution is -2.40. The lowest BCUT2D eigenvalue weighted by atomic mass is 10.2. The first kappa shape index (κ1) is 12.8. The van der Waals surface area contributed by atoms with Crippen LogP contribution in [0.2, 0.25) is 0 Å². The molecule has 2 fully saturated rings. The number of likely N-dealkylation sites (tertiary alicyclic amines) is 2. The summed E-state index contributed by atoms with van der Waals surface area (Å²) in [5.74, 6) is 0.284. The van der Waals surface area contributed by atoms with Crippen LogP contribution in [0.4, 0.5) is 0 Å². The third kappa shape index (κ3) is 3.68. The van der Waals surface area contributed by atoms with Crippen LogP contribution in [0, 0.1) is 0 Å².